The standard InChI is InChI=1S/C13H11N7S/c1-8-9(7-19(2)17-8)12-18-20-11(15-16-13(20)21-12)10-5-3-4-6-14-10/h3-7H,1-2H3. The van der Waals surface area contributed by atoms with Gasteiger partial charge < -0.3 is 0 Å². The van der Waals surface area contributed by atoms with Gasteiger partial charge in [-0.25, -0.2) is 0 Å². The van der Waals surface area contributed by atoms with E-state index in [1.807, 2.05) is 38.4 Å². The van der Waals surface area contributed by atoms with Gasteiger partial charge in [-0.15, -0.1) is 10.2 Å². The summed E-state index contributed by atoms with van der Waals surface area (Å²) in [5, 5.41) is 18.2. The molecule has 0 aromatic carbocycles. The van der Waals surface area contributed by atoms with Crippen LogP contribution in [0.2, 0.25) is 0 Å². The van der Waals surface area contributed by atoms with Crippen LogP contribution in [-0.4, -0.2) is 34.6 Å². The summed E-state index contributed by atoms with van der Waals surface area (Å²) < 4.78 is 3.52. The van der Waals surface area contributed by atoms with Gasteiger partial charge in [0.15, 0.2) is 5.01 Å². The summed E-state index contributed by atoms with van der Waals surface area (Å²) in [6.07, 6.45) is 3.69. The second kappa shape index (κ2) is 4.45. The Morgan fingerprint density at radius 2 is 2.05 bits per heavy atom. The highest BCUT2D eigenvalue weighted by Gasteiger charge is 2.17. The number of aryl methyl sites for hydroxylation is 2. The van der Waals surface area contributed by atoms with E-state index in [0.717, 1.165) is 26.9 Å². The third-order valence-corrected chi connectivity index (χ3v) is 4.06. The van der Waals surface area contributed by atoms with Gasteiger partial charge in [-0.2, -0.15) is 14.7 Å². The van der Waals surface area contributed by atoms with Crippen molar-refractivity contribution in [2.24, 2.45) is 7.05 Å². The van der Waals surface area contributed by atoms with Crippen LogP contribution in [0.3, 0.4) is 0 Å². The second-order valence-electron chi connectivity index (χ2n) is 4.64. The van der Waals surface area contributed by atoms with Crippen molar-refractivity contribution in [3.05, 3.63) is 36.3 Å². The zero-order valence-electron chi connectivity index (χ0n) is 11.4. The van der Waals surface area contributed by atoms with Crippen molar-refractivity contribution < 1.29 is 0 Å². The molecule has 4 aromatic heterocycles. The molecule has 0 atom stereocenters. The van der Waals surface area contributed by atoms with Crippen molar-refractivity contribution in [1.29, 1.82) is 0 Å². The molecule has 0 saturated carbocycles. The maximum absolute atomic E-state index is 4.61. The summed E-state index contributed by atoms with van der Waals surface area (Å²) in [5.41, 5.74) is 2.71. The molecule has 0 spiro atoms. The largest absolute Gasteiger partial charge is 0.275 e. The molecule has 0 N–H and O–H groups in total. The van der Waals surface area contributed by atoms with Crippen molar-refractivity contribution in [3.63, 3.8) is 0 Å². The Kier molecular flexibility index (Phi) is 2.58. The first-order chi connectivity index (χ1) is 10.2. The lowest BCUT2D eigenvalue weighted by Crippen LogP contribution is -1.92. The molecular formula is C13H11N7S. The van der Waals surface area contributed by atoms with Crippen molar-refractivity contribution in [3.8, 4) is 22.1 Å². The highest BCUT2D eigenvalue weighted by Crippen LogP contribution is 2.28. The maximum atomic E-state index is 4.61. The number of nitrogens with zero attached hydrogens (tertiary/aromatic N) is 7. The van der Waals surface area contributed by atoms with Gasteiger partial charge in [0.05, 0.1) is 11.3 Å². The fraction of sp³-hybridized carbons (Fsp3) is 0.154. The van der Waals surface area contributed by atoms with Crippen LogP contribution < -0.4 is 0 Å². The number of rotatable bonds is 2. The molecule has 8 heteroatoms. The van der Waals surface area contributed by atoms with E-state index in [0.29, 0.717) is 5.82 Å². The minimum absolute atomic E-state index is 0.648. The highest BCUT2D eigenvalue weighted by molar-refractivity contribution is 7.19. The normalized spacial score (nSPS) is 11.3. The fourth-order valence-corrected chi connectivity index (χ4v) is 3.09. The van der Waals surface area contributed by atoms with E-state index in [-0.39, 0.29) is 0 Å². The third kappa shape index (κ3) is 1.91. The quantitative estimate of drug-likeness (QED) is 0.565. The average Bonchev–Trinajstić information content (AvgIpc) is 3.13. The summed E-state index contributed by atoms with van der Waals surface area (Å²) in [5.74, 6) is 0.648. The number of pyridine rings is 1. The van der Waals surface area contributed by atoms with Crippen molar-refractivity contribution in [2.75, 3.05) is 0 Å². The van der Waals surface area contributed by atoms with E-state index in [1.165, 1.54) is 11.3 Å². The summed E-state index contributed by atoms with van der Waals surface area (Å²) in [6, 6.07) is 5.68. The van der Waals surface area contributed by atoms with Gasteiger partial charge in [-0.05, 0) is 19.1 Å². The third-order valence-electron chi connectivity index (χ3n) is 3.13. The Morgan fingerprint density at radius 3 is 2.76 bits per heavy atom. The van der Waals surface area contributed by atoms with Crippen LogP contribution in [-0.2, 0) is 7.05 Å². The molecule has 0 aliphatic heterocycles. The molecule has 0 fully saturated rings. The predicted octanol–water partition coefficient (Wildman–Crippen LogP) is 1.96. The van der Waals surface area contributed by atoms with Crippen molar-refractivity contribution in [2.45, 2.75) is 6.92 Å². The zero-order chi connectivity index (χ0) is 14.4. The zero-order valence-corrected chi connectivity index (χ0v) is 12.2. The van der Waals surface area contributed by atoms with E-state index in [1.54, 1.807) is 15.4 Å². The molecule has 0 aliphatic carbocycles. The SMILES string of the molecule is Cc1nn(C)cc1-c1nn2c(-c3ccccn3)nnc2s1. The van der Waals surface area contributed by atoms with Crippen molar-refractivity contribution >= 4 is 16.3 Å². The number of aromatic nitrogens is 7. The number of fused-ring (bicyclic) bond motifs is 1. The van der Waals surface area contributed by atoms with Gasteiger partial charge in [-0.1, -0.05) is 17.4 Å². The minimum atomic E-state index is 0.648. The topological polar surface area (TPSA) is 73.8 Å². The monoisotopic (exact) mass is 297 g/mol. The van der Waals surface area contributed by atoms with Crippen LogP contribution in [0.1, 0.15) is 5.69 Å². The van der Waals surface area contributed by atoms with Gasteiger partial charge in [0.1, 0.15) is 5.69 Å². The van der Waals surface area contributed by atoms with E-state index in [9.17, 15) is 0 Å². The first-order valence-electron chi connectivity index (χ1n) is 6.36. The van der Waals surface area contributed by atoms with Crippen LogP contribution >= 0.6 is 11.3 Å². The molecule has 4 heterocycles. The molecule has 21 heavy (non-hydrogen) atoms. The van der Waals surface area contributed by atoms with Crippen LogP contribution in [0.4, 0.5) is 0 Å². The molecule has 104 valence electrons. The summed E-state index contributed by atoms with van der Waals surface area (Å²) in [4.78, 5) is 5.04. The lowest BCUT2D eigenvalue weighted by atomic mass is 10.3. The summed E-state index contributed by atoms with van der Waals surface area (Å²) in [7, 11) is 1.90. The van der Waals surface area contributed by atoms with Gasteiger partial charge in [0.25, 0.3) is 0 Å². The van der Waals surface area contributed by atoms with E-state index < -0.39 is 0 Å². The Bertz CT molecular complexity index is 919. The van der Waals surface area contributed by atoms with Gasteiger partial charge in [-0.3, -0.25) is 9.67 Å². The Hall–Kier alpha value is -2.61. The number of hydrogen-bond acceptors (Lipinski definition) is 6. The Balaban J connectivity index is 1.88. The first-order valence-corrected chi connectivity index (χ1v) is 7.18. The molecular weight excluding hydrogens is 286 g/mol. The second-order valence-corrected chi connectivity index (χ2v) is 5.60. The average molecular weight is 297 g/mol. The van der Waals surface area contributed by atoms with Gasteiger partial charge >= 0.3 is 0 Å². The maximum Gasteiger partial charge on any atom is 0.235 e. The Morgan fingerprint density at radius 1 is 1.14 bits per heavy atom. The summed E-state index contributed by atoms with van der Waals surface area (Å²) in [6.45, 7) is 1.97. The molecule has 0 bridgehead atoms. The first kappa shape index (κ1) is 12.2. The van der Waals surface area contributed by atoms with E-state index >= 15 is 0 Å². The fourth-order valence-electron chi connectivity index (χ4n) is 2.19. The van der Waals surface area contributed by atoms with Crippen LogP contribution in [0.15, 0.2) is 30.6 Å². The summed E-state index contributed by atoms with van der Waals surface area (Å²) >= 11 is 1.49. The van der Waals surface area contributed by atoms with Gasteiger partial charge in [0.2, 0.25) is 10.8 Å². The molecule has 0 radical (unpaired) electrons. The molecule has 0 amide bonds. The number of hydrogen-bond donors (Lipinski definition) is 0. The minimum Gasteiger partial charge on any atom is -0.275 e. The highest BCUT2D eigenvalue weighted by atomic mass is 32.1. The molecule has 4 rings (SSSR count). The molecule has 7 nitrogen and oxygen atoms in total. The predicted molar refractivity (Wildman–Crippen MR) is 78.8 cm³/mol. The van der Waals surface area contributed by atoms with Gasteiger partial charge in [0, 0.05) is 19.4 Å². The Labute approximate surface area is 123 Å². The smallest absolute Gasteiger partial charge is 0.235 e. The van der Waals surface area contributed by atoms with Crippen LogP contribution in [0.5, 0.6) is 0 Å². The van der Waals surface area contributed by atoms with E-state index in [2.05, 4.69) is 25.4 Å². The molecule has 0 aliphatic rings. The van der Waals surface area contributed by atoms with Crippen molar-refractivity contribution in [1.82, 2.24) is 34.6 Å². The van der Waals surface area contributed by atoms with Crippen LogP contribution in [0.25, 0.3) is 27.1 Å². The lowest BCUT2D eigenvalue weighted by Gasteiger charge is -1.94. The molecule has 0 saturated heterocycles. The van der Waals surface area contributed by atoms with Crippen LogP contribution in [0, 0.1) is 6.92 Å². The molecule has 0 unspecified atom stereocenters. The van der Waals surface area contributed by atoms with E-state index in [4.69, 9.17) is 0 Å². The molecule has 4 aromatic rings. The lowest BCUT2D eigenvalue weighted by molar-refractivity contribution is 0.756.